The van der Waals surface area contributed by atoms with Crippen molar-refractivity contribution in [2.45, 2.75) is 38.7 Å². The molecule has 0 bridgehead atoms. The van der Waals surface area contributed by atoms with Gasteiger partial charge in [-0.3, -0.25) is 4.79 Å². The van der Waals surface area contributed by atoms with Gasteiger partial charge in [0, 0.05) is 44.8 Å². The number of amides is 1. The molecule has 2 aliphatic rings. The highest BCUT2D eigenvalue weighted by Gasteiger charge is 2.33. The maximum Gasteiger partial charge on any atom is 0.237 e. The number of hydrogen-bond donors (Lipinski definition) is 1. The Hall–Kier alpha value is -1.82. The first kappa shape index (κ1) is 17.0. The lowest BCUT2D eigenvalue weighted by Crippen LogP contribution is -2.38. The van der Waals surface area contributed by atoms with E-state index in [1.165, 1.54) is 0 Å². The normalized spacial score (nSPS) is 21.7. The Bertz CT molecular complexity index is 546. The highest BCUT2D eigenvalue weighted by Crippen LogP contribution is 2.26. The predicted octanol–water partition coefficient (Wildman–Crippen LogP) is 2.31. The van der Waals surface area contributed by atoms with Crippen molar-refractivity contribution in [3.8, 4) is 5.88 Å². The van der Waals surface area contributed by atoms with Crippen molar-refractivity contribution in [2.24, 2.45) is 5.92 Å². The third-order valence-electron chi connectivity index (χ3n) is 4.64. The number of carbonyl (C=O) groups excluding carboxylic acids is 1. The van der Waals surface area contributed by atoms with Gasteiger partial charge in [-0.2, -0.15) is 0 Å². The summed E-state index contributed by atoms with van der Waals surface area (Å²) in [6.45, 7) is 5.84. The average Bonchev–Trinajstić information content (AvgIpc) is 3.09. The first-order chi connectivity index (χ1) is 11.8. The highest BCUT2D eigenvalue weighted by molar-refractivity contribution is 5.79. The van der Waals surface area contributed by atoms with E-state index >= 15 is 0 Å². The lowest BCUT2D eigenvalue weighted by atomic mass is 9.99. The van der Waals surface area contributed by atoms with Gasteiger partial charge in [0.2, 0.25) is 11.8 Å². The zero-order chi connectivity index (χ0) is 16.8. The molecule has 3 rings (SSSR count). The van der Waals surface area contributed by atoms with Gasteiger partial charge in [-0.15, -0.1) is 0 Å². The van der Waals surface area contributed by atoms with Gasteiger partial charge in [-0.25, -0.2) is 4.98 Å². The van der Waals surface area contributed by atoms with Crippen LogP contribution in [-0.4, -0.2) is 54.7 Å². The minimum atomic E-state index is 0.0193. The van der Waals surface area contributed by atoms with Gasteiger partial charge in [0.1, 0.15) is 6.10 Å². The smallest absolute Gasteiger partial charge is 0.237 e. The Kier molecular flexibility index (Phi) is 5.91. The SMILES string of the molecule is CCCNc1cccnc1OC1CCN(C(=O)C2CCOCC2)C1. The van der Waals surface area contributed by atoms with E-state index in [0.29, 0.717) is 25.6 Å². The zero-order valence-electron chi connectivity index (χ0n) is 14.4. The second kappa shape index (κ2) is 8.33. The van der Waals surface area contributed by atoms with E-state index in [4.69, 9.17) is 9.47 Å². The van der Waals surface area contributed by atoms with Gasteiger partial charge in [0.15, 0.2) is 0 Å². The van der Waals surface area contributed by atoms with Crippen LogP contribution in [-0.2, 0) is 9.53 Å². The molecule has 0 aromatic carbocycles. The van der Waals surface area contributed by atoms with Crippen molar-refractivity contribution in [2.75, 3.05) is 38.2 Å². The Morgan fingerprint density at radius 3 is 3.04 bits per heavy atom. The molecule has 0 aliphatic carbocycles. The van der Waals surface area contributed by atoms with Crippen LogP contribution in [0.5, 0.6) is 5.88 Å². The molecular weight excluding hydrogens is 306 g/mol. The van der Waals surface area contributed by atoms with E-state index in [1.807, 2.05) is 17.0 Å². The number of carbonyl (C=O) groups is 1. The largest absolute Gasteiger partial charge is 0.471 e. The van der Waals surface area contributed by atoms with Crippen LogP contribution in [0.4, 0.5) is 5.69 Å². The quantitative estimate of drug-likeness (QED) is 0.865. The Balaban J connectivity index is 1.55. The highest BCUT2D eigenvalue weighted by atomic mass is 16.5. The molecule has 1 amide bonds. The topological polar surface area (TPSA) is 63.7 Å². The second-order valence-electron chi connectivity index (χ2n) is 6.48. The zero-order valence-corrected chi connectivity index (χ0v) is 14.4. The van der Waals surface area contributed by atoms with Crippen LogP contribution in [0.3, 0.4) is 0 Å². The number of rotatable bonds is 6. The summed E-state index contributed by atoms with van der Waals surface area (Å²) in [5.74, 6) is 1.01. The van der Waals surface area contributed by atoms with Crippen molar-refractivity contribution in [3.63, 3.8) is 0 Å². The molecule has 3 heterocycles. The maximum atomic E-state index is 12.6. The van der Waals surface area contributed by atoms with E-state index in [9.17, 15) is 4.79 Å². The molecule has 1 aromatic rings. The first-order valence-corrected chi connectivity index (χ1v) is 9.00. The summed E-state index contributed by atoms with van der Waals surface area (Å²) in [6.07, 6.45) is 5.35. The first-order valence-electron chi connectivity index (χ1n) is 9.00. The van der Waals surface area contributed by atoms with Gasteiger partial charge >= 0.3 is 0 Å². The maximum absolute atomic E-state index is 12.6. The molecule has 1 atom stereocenters. The van der Waals surface area contributed by atoms with Gasteiger partial charge in [-0.1, -0.05) is 6.92 Å². The summed E-state index contributed by atoms with van der Waals surface area (Å²) >= 11 is 0. The average molecular weight is 333 g/mol. The van der Waals surface area contributed by atoms with Crippen LogP contribution >= 0.6 is 0 Å². The van der Waals surface area contributed by atoms with Crippen molar-refractivity contribution in [1.82, 2.24) is 9.88 Å². The molecule has 1 aromatic heterocycles. The molecule has 132 valence electrons. The Morgan fingerprint density at radius 2 is 2.25 bits per heavy atom. The van der Waals surface area contributed by atoms with E-state index < -0.39 is 0 Å². The number of nitrogens with zero attached hydrogens (tertiary/aromatic N) is 2. The lowest BCUT2D eigenvalue weighted by Gasteiger charge is -2.26. The summed E-state index contributed by atoms with van der Waals surface area (Å²) in [4.78, 5) is 18.9. The summed E-state index contributed by atoms with van der Waals surface area (Å²) in [6, 6.07) is 3.89. The monoisotopic (exact) mass is 333 g/mol. The van der Waals surface area contributed by atoms with E-state index in [2.05, 4.69) is 17.2 Å². The summed E-state index contributed by atoms with van der Waals surface area (Å²) in [7, 11) is 0. The van der Waals surface area contributed by atoms with Crippen molar-refractivity contribution in [3.05, 3.63) is 18.3 Å². The third-order valence-corrected chi connectivity index (χ3v) is 4.64. The molecule has 6 heteroatoms. The number of likely N-dealkylation sites (tertiary alicyclic amines) is 1. The van der Waals surface area contributed by atoms with E-state index in [0.717, 1.165) is 44.5 Å². The van der Waals surface area contributed by atoms with Gasteiger partial charge < -0.3 is 19.7 Å². The minimum Gasteiger partial charge on any atom is -0.471 e. The number of aromatic nitrogens is 1. The van der Waals surface area contributed by atoms with Crippen molar-refractivity contribution < 1.29 is 14.3 Å². The third kappa shape index (κ3) is 4.17. The van der Waals surface area contributed by atoms with Crippen LogP contribution in [0.25, 0.3) is 0 Å². The van der Waals surface area contributed by atoms with Crippen LogP contribution in [0.1, 0.15) is 32.6 Å². The molecule has 0 radical (unpaired) electrons. The van der Waals surface area contributed by atoms with Gasteiger partial charge in [0.25, 0.3) is 0 Å². The number of pyridine rings is 1. The van der Waals surface area contributed by atoms with Gasteiger partial charge in [-0.05, 0) is 31.4 Å². The Labute approximate surface area is 143 Å². The van der Waals surface area contributed by atoms with Crippen molar-refractivity contribution >= 4 is 11.6 Å². The van der Waals surface area contributed by atoms with Crippen LogP contribution in [0.2, 0.25) is 0 Å². The van der Waals surface area contributed by atoms with E-state index in [1.54, 1.807) is 6.20 Å². The minimum absolute atomic E-state index is 0.0193. The summed E-state index contributed by atoms with van der Waals surface area (Å²) in [5, 5.41) is 3.34. The fourth-order valence-corrected chi connectivity index (χ4v) is 3.26. The molecule has 2 fully saturated rings. The van der Waals surface area contributed by atoms with E-state index in [-0.39, 0.29) is 17.9 Å². The Morgan fingerprint density at radius 1 is 1.42 bits per heavy atom. The van der Waals surface area contributed by atoms with Crippen LogP contribution < -0.4 is 10.1 Å². The second-order valence-corrected chi connectivity index (χ2v) is 6.48. The molecule has 0 saturated carbocycles. The molecular formula is C18H27N3O3. The number of ether oxygens (including phenoxy) is 2. The molecule has 6 nitrogen and oxygen atoms in total. The molecule has 24 heavy (non-hydrogen) atoms. The molecule has 1 N–H and O–H groups in total. The molecule has 2 aliphatic heterocycles. The number of anilines is 1. The van der Waals surface area contributed by atoms with Crippen LogP contribution in [0.15, 0.2) is 18.3 Å². The van der Waals surface area contributed by atoms with Crippen molar-refractivity contribution in [1.29, 1.82) is 0 Å². The lowest BCUT2D eigenvalue weighted by molar-refractivity contribution is -0.137. The molecule has 2 saturated heterocycles. The fourth-order valence-electron chi connectivity index (χ4n) is 3.26. The molecule has 0 spiro atoms. The summed E-state index contributed by atoms with van der Waals surface area (Å²) in [5.41, 5.74) is 0.925. The number of nitrogens with one attached hydrogen (secondary N) is 1. The molecule has 1 unspecified atom stereocenters. The number of hydrogen-bond acceptors (Lipinski definition) is 5. The summed E-state index contributed by atoms with van der Waals surface area (Å²) < 4.78 is 11.4. The van der Waals surface area contributed by atoms with Gasteiger partial charge in [0.05, 0.1) is 12.2 Å². The fraction of sp³-hybridized carbons (Fsp3) is 0.667. The standard InChI is InChI=1S/C18H27N3O3/c1-2-8-19-16-4-3-9-20-17(16)24-15-5-10-21(13-15)18(22)14-6-11-23-12-7-14/h3-4,9,14-15,19H,2,5-8,10-13H2,1H3. The van der Waals surface area contributed by atoms with Crippen LogP contribution in [0, 0.1) is 5.92 Å². The predicted molar refractivity (Wildman–Crippen MR) is 92.2 cm³/mol.